The predicted molar refractivity (Wildman–Crippen MR) is 98.0 cm³/mol. The van der Waals surface area contributed by atoms with Crippen molar-refractivity contribution >= 4 is 35.5 Å². The van der Waals surface area contributed by atoms with Crippen molar-refractivity contribution in [3.05, 3.63) is 40.7 Å². The second-order valence-electron chi connectivity index (χ2n) is 6.48. The summed E-state index contributed by atoms with van der Waals surface area (Å²) in [6.07, 6.45) is 0. The molecule has 0 saturated carbocycles. The molecule has 3 aliphatic heterocycles. The fourth-order valence-corrected chi connectivity index (χ4v) is 4.23. The normalized spacial score (nSPS) is 22.9. The minimum atomic E-state index is -0.711. The maximum Gasteiger partial charge on any atom is 0.328 e. The molecule has 1 atom stereocenters. The zero-order valence-electron chi connectivity index (χ0n) is 14.6. The molecular weight excluding hydrogens is 373 g/mol. The number of carbonyl (C=O) groups is 3. The smallest absolute Gasteiger partial charge is 0.328 e. The zero-order chi connectivity index (χ0) is 19.1. The number of amides is 4. The third kappa shape index (κ3) is 3.15. The summed E-state index contributed by atoms with van der Waals surface area (Å²) in [4.78, 5) is 42.1. The molecule has 0 aliphatic carbocycles. The first-order valence-electron chi connectivity index (χ1n) is 8.50. The highest BCUT2D eigenvalue weighted by atomic mass is 32.2. The number of nitrogens with one attached hydrogen (secondary N) is 2. The number of nitrogens with zero attached hydrogens (tertiary/aromatic N) is 3. The SMILES string of the molecule is CN1C(=O)NC2=C(C(=O)N3CCN(c4ccc(F)cc4)CC3)SNC2C1=O. The monoisotopic (exact) mass is 391 g/mol. The molecule has 4 amide bonds. The summed E-state index contributed by atoms with van der Waals surface area (Å²) in [6.45, 7) is 2.24. The molecule has 0 spiro atoms. The van der Waals surface area contributed by atoms with Gasteiger partial charge in [0.1, 0.15) is 16.8 Å². The first-order chi connectivity index (χ1) is 13.0. The number of rotatable bonds is 2. The van der Waals surface area contributed by atoms with Crippen molar-refractivity contribution in [1.29, 1.82) is 0 Å². The molecule has 3 aliphatic rings. The number of anilines is 1. The molecular formula is C17H18FN5O3S. The third-order valence-corrected chi connectivity index (χ3v) is 5.84. The summed E-state index contributed by atoms with van der Waals surface area (Å²) < 4.78 is 16.0. The van der Waals surface area contributed by atoms with Gasteiger partial charge >= 0.3 is 6.03 Å². The van der Waals surface area contributed by atoms with Crippen LogP contribution in [0.5, 0.6) is 0 Å². The van der Waals surface area contributed by atoms with Crippen molar-refractivity contribution in [2.24, 2.45) is 0 Å². The molecule has 1 aromatic rings. The molecule has 8 nitrogen and oxygen atoms in total. The van der Waals surface area contributed by atoms with Crippen LogP contribution in [0.2, 0.25) is 0 Å². The van der Waals surface area contributed by atoms with Gasteiger partial charge in [0.25, 0.3) is 11.8 Å². The largest absolute Gasteiger partial charge is 0.368 e. The summed E-state index contributed by atoms with van der Waals surface area (Å²) in [5.74, 6) is -0.873. The number of benzene rings is 1. The Kier molecular flexibility index (Phi) is 4.52. The highest BCUT2D eigenvalue weighted by Crippen LogP contribution is 2.31. The van der Waals surface area contributed by atoms with E-state index in [9.17, 15) is 18.8 Å². The van der Waals surface area contributed by atoms with Crippen LogP contribution in [0.25, 0.3) is 0 Å². The molecule has 142 valence electrons. The van der Waals surface area contributed by atoms with Gasteiger partial charge in [0.2, 0.25) is 0 Å². The highest BCUT2D eigenvalue weighted by Gasteiger charge is 2.43. The lowest BCUT2D eigenvalue weighted by atomic mass is 10.1. The van der Waals surface area contributed by atoms with E-state index in [0.717, 1.165) is 22.5 Å². The molecule has 0 aromatic heterocycles. The fourth-order valence-electron chi connectivity index (χ4n) is 3.28. The van der Waals surface area contributed by atoms with Crippen molar-refractivity contribution in [2.75, 3.05) is 38.1 Å². The van der Waals surface area contributed by atoms with Crippen LogP contribution >= 0.6 is 11.9 Å². The Bertz CT molecular complexity index is 835. The standard InChI is InChI=1S/C17H18FN5O3S/c1-21-15(24)13-12(19-17(21)26)14(27-20-13)16(25)23-8-6-22(7-9-23)11-4-2-10(18)3-5-11/h2-5,13,20H,6-9H2,1H3,(H,19,26). The number of hydrogen-bond donors (Lipinski definition) is 2. The summed E-state index contributed by atoms with van der Waals surface area (Å²) in [5.41, 5.74) is 1.25. The quantitative estimate of drug-likeness (QED) is 0.714. The van der Waals surface area contributed by atoms with Crippen LogP contribution in [0.15, 0.2) is 34.9 Å². The summed E-state index contributed by atoms with van der Waals surface area (Å²) in [5, 5.41) is 2.64. The Morgan fingerprint density at radius 2 is 1.81 bits per heavy atom. The van der Waals surface area contributed by atoms with Crippen molar-refractivity contribution in [1.82, 2.24) is 19.8 Å². The van der Waals surface area contributed by atoms with Gasteiger partial charge in [0.05, 0.1) is 5.70 Å². The van der Waals surface area contributed by atoms with Crippen molar-refractivity contribution < 1.29 is 18.8 Å². The number of piperazine rings is 1. The summed E-state index contributed by atoms with van der Waals surface area (Å²) >= 11 is 1.08. The van der Waals surface area contributed by atoms with E-state index in [4.69, 9.17) is 0 Å². The average molecular weight is 391 g/mol. The molecule has 2 N–H and O–H groups in total. The molecule has 1 unspecified atom stereocenters. The lowest BCUT2D eigenvalue weighted by Crippen LogP contribution is -2.56. The zero-order valence-corrected chi connectivity index (χ0v) is 15.4. The minimum absolute atomic E-state index is 0.207. The summed E-state index contributed by atoms with van der Waals surface area (Å²) in [6, 6.07) is 5.02. The second kappa shape index (κ2) is 6.86. The number of hydrogen-bond acceptors (Lipinski definition) is 6. The van der Waals surface area contributed by atoms with Gasteiger partial charge in [-0.1, -0.05) is 0 Å². The number of halogens is 1. The Morgan fingerprint density at radius 3 is 2.48 bits per heavy atom. The van der Waals surface area contributed by atoms with Gasteiger partial charge in [0.15, 0.2) is 0 Å². The molecule has 0 bridgehead atoms. The Balaban J connectivity index is 1.45. The lowest BCUT2D eigenvalue weighted by molar-refractivity contribution is -0.128. The summed E-state index contributed by atoms with van der Waals surface area (Å²) in [7, 11) is 1.40. The average Bonchev–Trinajstić information content (AvgIpc) is 3.10. The molecule has 4 rings (SSSR count). The van der Waals surface area contributed by atoms with Gasteiger partial charge in [-0.25, -0.2) is 13.9 Å². The molecule has 1 aromatic carbocycles. The number of urea groups is 1. The van der Waals surface area contributed by atoms with Crippen molar-refractivity contribution in [3.8, 4) is 0 Å². The number of imide groups is 1. The first kappa shape index (κ1) is 17.8. The van der Waals surface area contributed by atoms with Crippen LogP contribution in [0, 0.1) is 5.82 Å². The van der Waals surface area contributed by atoms with E-state index in [1.165, 1.54) is 19.2 Å². The molecule has 10 heteroatoms. The van der Waals surface area contributed by atoms with Crippen LogP contribution in [0.1, 0.15) is 0 Å². The van der Waals surface area contributed by atoms with E-state index < -0.39 is 12.1 Å². The Labute approximate surface area is 159 Å². The van der Waals surface area contributed by atoms with E-state index in [1.54, 1.807) is 17.0 Å². The van der Waals surface area contributed by atoms with Crippen LogP contribution < -0.4 is 14.9 Å². The number of fused-ring (bicyclic) bond motifs is 1. The lowest BCUT2D eigenvalue weighted by Gasteiger charge is -2.36. The van der Waals surface area contributed by atoms with Gasteiger partial charge < -0.3 is 15.1 Å². The van der Waals surface area contributed by atoms with E-state index in [2.05, 4.69) is 14.9 Å². The maximum absolute atomic E-state index is 13.1. The Hall–Kier alpha value is -2.59. The second-order valence-corrected chi connectivity index (χ2v) is 7.33. The molecule has 2 fully saturated rings. The van der Waals surface area contributed by atoms with Crippen LogP contribution in [0.4, 0.5) is 14.9 Å². The number of carbonyl (C=O) groups excluding carboxylic acids is 3. The fraction of sp³-hybridized carbons (Fsp3) is 0.353. The van der Waals surface area contributed by atoms with E-state index in [0.29, 0.717) is 36.8 Å². The van der Waals surface area contributed by atoms with Gasteiger partial charge in [-0.15, -0.1) is 0 Å². The van der Waals surface area contributed by atoms with Gasteiger partial charge in [0, 0.05) is 38.9 Å². The number of likely N-dealkylation sites (N-methyl/N-ethyl adjacent to an activating group) is 1. The van der Waals surface area contributed by atoms with Crippen LogP contribution in [-0.4, -0.2) is 66.9 Å². The van der Waals surface area contributed by atoms with Crippen molar-refractivity contribution in [3.63, 3.8) is 0 Å². The highest BCUT2D eigenvalue weighted by molar-refractivity contribution is 8.02. The third-order valence-electron chi connectivity index (χ3n) is 4.89. The predicted octanol–water partition coefficient (Wildman–Crippen LogP) is 0.487. The molecule has 27 heavy (non-hydrogen) atoms. The Morgan fingerprint density at radius 1 is 1.15 bits per heavy atom. The minimum Gasteiger partial charge on any atom is -0.368 e. The van der Waals surface area contributed by atoms with Gasteiger partial charge in [-0.3, -0.25) is 14.5 Å². The van der Waals surface area contributed by atoms with Gasteiger partial charge in [-0.05, 0) is 36.2 Å². The molecule has 3 heterocycles. The molecule has 2 saturated heterocycles. The van der Waals surface area contributed by atoms with E-state index >= 15 is 0 Å². The first-order valence-corrected chi connectivity index (χ1v) is 9.32. The maximum atomic E-state index is 13.1. The van der Waals surface area contributed by atoms with Crippen LogP contribution in [-0.2, 0) is 9.59 Å². The van der Waals surface area contributed by atoms with Crippen molar-refractivity contribution in [2.45, 2.75) is 6.04 Å². The van der Waals surface area contributed by atoms with Gasteiger partial charge in [-0.2, -0.15) is 0 Å². The van der Waals surface area contributed by atoms with Crippen LogP contribution in [0.3, 0.4) is 0 Å². The molecule has 0 radical (unpaired) electrons. The topological polar surface area (TPSA) is 85.0 Å². The van der Waals surface area contributed by atoms with E-state index in [-0.39, 0.29) is 17.6 Å². The van der Waals surface area contributed by atoms with E-state index in [1.807, 2.05) is 0 Å².